The number of aromatic nitrogens is 5. The molecule has 10 heteroatoms. The van der Waals surface area contributed by atoms with Crippen LogP contribution in [-0.4, -0.2) is 43.9 Å². The molecule has 0 spiro atoms. The Kier molecular flexibility index (Phi) is 5.54. The van der Waals surface area contributed by atoms with Gasteiger partial charge < -0.3 is 10.1 Å². The normalized spacial score (nSPS) is 14.9. The quantitative estimate of drug-likeness (QED) is 0.446. The molecular formula is C24H19ClN6O3. The fourth-order valence-electron chi connectivity index (χ4n) is 4.09. The lowest BCUT2D eigenvalue weighted by molar-refractivity contribution is -0.116. The average molecular weight is 475 g/mol. The molecule has 34 heavy (non-hydrogen) atoms. The number of esters is 1. The van der Waals surface area contributed by atoms with Crippen molar-refractivity contribution in [1.82, 2.24) is 25.0 Å². The zero-order valence-electron chi connectivity index (χ0n) is 18.3. The molecule has 0 bridgehead atoms. The number of amides is 1. The second-order valence-corrected chi connectivity index (χ2v) is 8.26. The summed E-state index contributed by atoms with van der Waals surface area (Å²) in [4.78, 5) is 29.0. The standard InChI is InChI=1S/C24H19ClN6O3/c1-13-21-18(14-3-5-16(6-4-14)23(33)34-2)11-20(32)28-22(21)31(30-13)24-27-19(12-26-29-24)15-7-9-17(25)10-8-15/h3-10,12,18H,11H2,1-2H3,(H,28,32)/t18-/m0/s1. The highest BCUT2D eigenvalue weighted by Gasteiger charge is 2.33. The predicted octanol–water partition coefficient (Wildman–Crippen LogP) is 3.95. The summed E-state index contributed by atoms with van der Waals surface area (Å²) in [6.07, 6.45) is 1.81. The second-order valence-electron chi connectivity index (χ2n) is 7.83. The molecule has 0 saturated heterocycles. The SMILES string of the molecule is COC(=O)c1ccc([C@@H]2CC(=O)Nc3c2c(C)nn3-c2nncc(-c3ccc(Cl)cc3)n2)cc1. The van der Waals surface area contributed by atoms with Crippen LogP contribution < -0.4 is 5.32 Å². The van der Waals surface area contributed by atoms with E-state index in [1.54, 1.807) is 30.5 Å². The molecule has 2 aromatic carbocycles. The summed E-state index contributed by atoms with van der Waals surface area (Å²) in [5.74, 6) is -0.0680. The zero-order valence-corrected chi connectivity index (χ0v) is 19.1. The smallest absolute Gasteiger partial charge is 0.337 e. The number of hydrogen-bond donors (Lipinski definition) is 1. The number of rotatable bonds is 4. The van der Waals surface area contributed by atoms with Gasteiger partial charge in [-0.2, -0.15) is 14.9 Å². The first kappa shape index (κ1) is 21.7. The number of ether oxygens (including phenoxy) is 1. The van der Waals surface area contributed by atoms with E-state index in [2.05, 4.69) is 25.6 Å². The van der Waals surface area contributed by atoms with Crippen LogP contribution in [0.1, 0.15) is 39.5 Å². The number of nitrogens with one attached hydrogen (secondary N) is 1. The monoisotopic (exact) mass is 474 g/mol. The molecule has 3 heterocycles. The van der Waals surface area contributed by atoms with Crippen LogP contribution in [0.3, 0.4) is 0 Å². The number of methoxy groups -OCH3 is 1. The topological polar surface area (TPSA) is 112 Å². The number of carbonyl (C=O) groups excluding carboxylic acids is 2. The van der Waals surface area contributed by atoms with Crippen molar-refractivity contribution in [2.75, 3.05) is 12.4 Å². The maximum Gasteiger partial charge on any atom is 0.337 e. The largest absolute Gasteiger partial charge is 0.465 e. The molecule has 1 amide bonds. The second kappa shape index (κ2) is 8.68. The highest BCUT2D eigenvalue weighted by atomic mass is 35.5. The van der Waals surface area contributed by atoms with Crippen molar-refractivity contribution in [1.29, 1.82) is 0 Å². The fraction of sp³-hybridized carbons (Fsp3) is 0.167. The Morgan fingerprint density at radius 3 is 2.59 bits per heavy atom. The Morgan fingerprint density at radius 1 is 1.15 bits per heavy atom. The number of benzene rings is 2. The minimum absolute atomic E-state index is 0.155. The molecule has 170 valence electrons. The molecule has 0 radical (unpaired) electrons. The highest BCUT2D eigenvalue weighted by molar-refractivity contribution is 6.30. The van der Waals surface area contributed by atoms with Gasteiger partial charge in [-0.1, -0.05) is 35.9 Å². The highest BCUT2D eigenvalue weighted by Crippen LogP contribution is 2.40. The zero-order chi connectivity index (χ0) is 23.8. The van der Waals surface area contributed by atoms with E-state index in [-0.39, 0.29) is 24.2 Å². The summed E-state index contributed by atoms with van der Waals surface area (Å²) in [6, 6.07) is 14.3. The predicted molar refractivity (Wildman–Crippen MR) is 125 cm³/mol. The van der Waals surface area contributed by atoms with Gasteiger partial charge in [-0.15, -0.1) is 5.10 Å². The van der Waals surface area contributed by atoms with Crippen molar-refractivity contribution in [2.24, 2.45) is 0 Å². The molecule has 1 atom stereocenters. The van der Waals surface area contributed by atoms with Gasteiger partial charge in [0.05, 0.1) is 30.3 Å². The Balaban J connectivity index is 1.56. The Morgan fingerprint density at radius 2 is 1.88 bits per heavy atom. The van der Waals surface area contributed by atoms with Gasteiger partial charge in [-0.25, -0.2) is 9.78 Å². The third-order valence-corrected chi connectivity index (χ3v) is 5.97. The van der Waals surface area contributed by atoms with Gasteiger partial charge in [0.25, 0.3) is 5.95 Å². The summed E-state index contributed by atoms with van der Waals surface area (Å²) >= 11 is 5.99. The van der Waals surface area contributed by atoms with E-state index in [0.717, 1.165) is 22.4 Å². The Hall–Kier alpha value is -4.11. The van der Waals surface area contributed by atoms with Crippen molar-refractivity contribution in [3.63, 3.8) is 0 Å². The lowest BCUT2D eigenvalue weighted by Crippen LogP contribution is -2.25. The van der Waals surface area contributed by atoms with Crippen molar-refractivity contribution in [3.05, 3.63) is 82.1 Å². The van der Waals surface area contributed by atoms with Crippen LogP contribution in [0.5, 0.6) is 0 Å². The Bertz CT molecular complexity index is 1400. The van der Waals surface area contributed by atoms with Crippen LogP contribution in [0.25, 0.3) is 17.2 Å². The average Bonchev–Trinajstić information content (AvgIpc) is 3.19. The van der Waals surface area contributed by atoms with Crippen molar-refractivity contribution < 1.29 is 14.3 Å². The van der Waals surface area contributed by atoms with Crippen LogP contribution in [0.4, 0.5) is 5.82 Å². The van der Waals surface area contributed by atoms with Gasteiger partial charge in [0, 0.05) is 28.5 Å². The molecule has 0 aliphatic carbocycles. The first-order chi connectivity index (χ1) is 16.4. The molecule has 5 rings (SSSR count). The fourth-order valence-corrected chi connectivity index (χ4v) is 4.22. The number of halogens is 1. The molecule has 0 fully saturated rings. The van der Waals surface area contributed by atoms with Crippen molar-refractivity contribution in [3.8, 4) is 17.2 Å². The van der Waals surface area contributed by atoms with Gasteiger partial charge in [0.1, 0.15) is 5.82 Å². The van der Waals surface area contributed by atoms with Crippen molar-refractivity contribution in [2.45, 2.75) is 19.3 Å². The van der Waals surface area contributed by atoms with Crippen LogP contribution in [0.2, 0.25) is 5.02 Å². The number of hydrogen-bond acceptors (Lipinski definition) is 7. The van der Waals surface area contributed by atoms with E-state index in [0.29, 0.717) is 22.1 Å². The van der Waals surface area contributed by atoms with Gasteiger partial charge in [-0.3, -0.25) is 4.79 Å². The van der Waals surface area contributed by atoms with Crippen LogP contribution in [-0.2, 0) is 9.53 Å². The summed E-state index contributed by atoms with van der Waals surface area (Å²) in [5, 5.41) is 16.4. The molecule has 0 unspecified atom stereocenters. The third kappa shape index (κ3) is 3.90. The summed E-state index contributed by atoms with van der Waals surface area (Å²) in [6.45, 7) is 1.87. The summed E-state index contributed by atoms with van der Waals surface area (Å²) in [7, 11) is 1.34. The van der Waals surface area contributed by atoms with Gasteiger partial charge in [0.2, 0.25) is 5.91 Å². The number of fused-ring (bicyclic) bond motifs is 1. The van der Waals surface area contributed by atoms with E-state index in [1.807, 2.05) is 31.2 Å². The molecule has 1 N–H and O–H groups in total. The molecule has 2 aromatic heterocycles. The Labute approximate surface area is 199 Å². The first-order valence-corrected chi connectivity index (χ1v) is 10.9. The lowest BCUT2D eigenvalue weighted by Gasteiger charge is -2.24. The molecule has 9 nitrogen and oxygen atoms in total. The van der Waals surface area contributed by atoms with Crippen molar-refractivity contribution >= 4 is 29.3 Å². The third-order valence-electron chi connectivity index (χ3n) is 5.71. The summed E-state index contributed by atoms with van der Waals surface area (Å²) in [5.41, 5.74) is 4.35. The van der Waals surface area contributed by atoms with Crippen LogP contribution >= 0.6 is 11.6 Å². The molecule has 1 aliphatic rings. The van der Waals surface area contributed by atoms with Crippen LogP contribution in [0, 0.1) is 6.92 Å². The summed E-state index contributed by atoms with van der Waals surface area (Å²) < 4.78 is 6.27. The minimum atomic E-state index is -0.414. The number of anilines is 1. The van der Waals surface area contributed by atoms with E-state index in [4.69, 9.17) is 16.3 Å². The van der Waals surface area contributed by atoms with Gasteiger partial charge in [0.15, 0.2) is 0 Å². The first-order valence-electron chi connectivity index (χ1n) is 10.5. The van der Waals surface area contributed by atoms with E-state index in [9.17, 15) is 9.59 Å². The molecule has 1 aliphatic heterocycles. The number of carbonyl (C=O) groups is 2. The van der Waals surface area contributed by atoms with E-state index < -0.39 is 5.97 Å². The van der Waals surface area contributed by atoms with Gasteiger partial charge >= 0.3 is 5.97 Å². The number of aryl methyl sites for hydroxylation is 1. The van der Waals surface area contributed by atoms with E-state index >= 15 is 0 Å². The molecular weight excluding hydrogens is 456 g/mol. The lowest BCUT2D eigenvalue weighted by atomic mass is 9.85. The maximum atomic E-state index is 12.6. The van der Waals surface area contributed by atoms with Gasteiger partial charge in [-0.05, 0) is 36.8 Å². The molecule has 4 aromatic rings. The maximum absolute atomic E-state index is 12.6. The number of nitrogens with zero attached hydrogens (tertiary/aromatic N) is 5. The van der Waals surface area contributed by atoms with E-state index in [1.165, 1.54) is 11.8 Å². The minimum Gasteiger partial charge on any atom is -0.465 e. The van der Waals surface area contributed by atoms with Crippen LogP contribution in [0.15, 0.2) is 54.7 Å². The molecule has 0 saturated carbocycles.